The predicted octanol–water partition coefficient (Wildman–Crippen LogP) is 2.64. The second kappa shape index (κ2) is 7.70. The molecule has 1 atom stereocenters. The molecule has 0 saturated heterocycles. The van der Waals surface area contributed by atoms with Gasteiger partial charge in [-0.15, -0.1) is 0 Å². The molecule has 1 amide bonds. The predicted molar refractivity (Wildman–Crippen MR) is 106 cm³/mol. The summed E-state index contributed by atoms with van der Waals surface area (Å²) in [5.74, 6) is 0.359. The van der Waals surface area contributed by atoms with Crippen LogP contribution in [0.3, 0.4) is 0 Å². The van der Waals surface area contributed by atoms with E-state index < -0.39 is 0 Å². The fourth-order valence-electron chi connectivity index (χ4n) is 3.45. The van der Waals surface area contributed by atoms with E-state index >= 15 is 0 Å². The third-order valence-corrected chi connectivity index (χ3v) is 4.59. The van der Waals surface area contributed by atoms with Crippen LogP contribution in [-0.2, 0) is 11.3 Å². The van der Waals surface area contributed by atoms with Gasteiger partial charge >= 0.3 is 0 Å². The quantitative estimate of drug-likeness (QED) is 0.670. The average Bonchev–Trinajstić information content (AvgIpc) is 2.64. The van der Waals surface area contributed by atoms with Crippen molar-refractivity contribution in [2.24, 2.45) is 11.7 Å². The molecular formula is C21H25N3O2. The number of carbonyl (C=O) groups is 1. The van der Waals surface area contributed by atoms with Crippen molar-refractivity contribution in [3.8, 4) is 0 Å². The molecule has 0 spiro atoms. The molecule has 3 aromatic rings. The molecule has 0 radical (unpaired) electrons. The number of fused-ring (bicyclic) bond motifs is 2. The Morgan fingerprint density at radius 3 is 2.08 bits per heavy atom. The molecule has 3 rings (SSSR count). The second-order valence-corrected chi connectivity index (χ2v) is 7.08. The first kappa shape index (κ1) is 18.1. The van der Waals surface area contributed by atoms with Crippen molar-refractivity contribution in [1.82, 2.24) is 9.88 Å². The summed E-state index contributed by atoms with van der Waals surface area (Å²) in [5.41, 5.74) is 7.32. The SMILES string of the molecule is CC(C)CC(CN)NC(=O)Cn1c2ccccc2c(=O)c2ccccc21. The van der Waals surface area contributed by atoms with Crippen LogP contribution in [0.15, 0.2) is 53.3 Å². The van der Waals surface area contributed by atoms with E-state index in [1.54, 1.807) is 12.1 Å². The molecule has 0 aliphatic heterocycles. The summed E-state index contributed by atoms with van der Waals surface area (Å²) < 4.78 is 1.91. The van der Waals surface area contributed by atoms with Crippen LogP contribution in [-0.4, -0.2) is 23.1 Å². The van der Waals surface area contributed by atoms with Gasteiger partial charge in [0.15, 0.2) is 5.43 Å². The molecule has 1 heterocycles. The van der Waals surface area contributed by atoms with Gasteiger partial charge < -0.3 is 15.6 Å². The summed E-state index contributed by atoms with van der Waals surface area (Å²) in [6.07, 6.45) is 0.841. The number of para-hydroxylation sites is 2. The average molecular weight is 351 g/mol. The Morgan fingerprint density at radius 1 is 1.04 bits per heavy atom. The zero-order valence-corrected chi connectivity index (χ0v) is 15.2. The van der Waals surface area contributed by atoms with E-state index in [9.17, 15) is 9.59 Å². The minimum absolute atomic E-state index is 0.00694. The minimum Gasteiger partial charge on any atom is -0.351 e. The molecule has 136 valence electrons. The molecule has 0 aliphatic carbocycles. The number of hydrogen-bond acceptors (Lipinski definition) is 3. The highest BCUT2D eigenvalue weighted by Gasteiger charge is 2.16. The Morgan fingerprint density at radius 2 is 1.58 bits per heavy atom. The number of carbonyl (C=O) groups excluding carboxylic acids is 1. The maximum absolute atomic E-state index is 12.7. The highest BCUT2D eigenvalue weighted by atomic mass is 16.2. The summed E-state index contributed by atoms with van der Waals surface area (Å²) in [6, 6.07) is 14.8. The Bertz CT molecular complexity index is 931. The Kier molecular flexibility index (Phi) is 5.38. The van der Waals surface area contributed by atoms with Crippen LogP contribution in [0, 0.1) is 5.92 Å². The van der Waals surface area contributed by atoms with Crippen LogP contribution in [0.2, 0.25) is 0 Å². The lowest BCUT2D eigenvalue weighted by Gasteiger charge is -2.20. The number of hydrogen-bond donors (Lipinski definition) is 2. The number of nitrogens with one attached hydrogen (secondary N) is 1. The van der Waals surface area contributed by atoms with Gasteiger partial charge in [0.1, 0.15) is 6.54 Å². The van der Waals surface area contributed by atoms with Gasteiger partial charge in [-0.25, -0.2) is 0 Å². The first-order valence-corrected chi connectivity index (χ1v) is 9.01. The summed E-state index contributed by atoms with van der Waals surface area (Å²) in [4.78, 5) is 25.4. The molecule has 5 nitrogen and oxygen atoms in total. The zero-order chi connectivity index (χ0) is 18.7. The van der Waals surface area contributed by atoms with Gasteiger partial charge in [-0.05, 0) is 36.6 Å². The standard InChI is InChI=1S/C21H25N3O2/c1-14(2)11-15(12-22)23-20(25)13-24-18-9-5-3-7-16(18)21(26)17-8-4-6-10-19(17)24/h3-10,14-15H,11-13,22H2,1-2H3,(H,23,25). The van der Waals surface area contributed by atoms with Crippen molar-refractivity contribution in [2.45, 2.75) is 32.9 Å². The first-order valence-electron chi connectivity index (χ1n) is 9.01. The van der Waals surface area contributed by atoms with Gasteiger partial charge in [0, 0.05) is 23.4 Å². The van der Waals surface area contributed by atoms with E-state index in [4.69, 9.17) is 5.73 Å². The fraction of sp³-hybridized carbons (Fsp3) is 0.333. The fourth-order valence-corrected chi connectivity index (χ4v) is 3.45. The van der Waals surface area contributed by atoms with Gasteiger partial charge in [-0.2, -0.15) is 0 Å². The summed E-state index contributed by atoms with van der Waals surface area (Å²) in [6.45, 7) is 4.78. The third-order valence-electron chi connectivity index (χ3n) is 4.59. The molecule has 0 aliphatic rings. The molecule has 0 fully saturated rings. The lowest BCUT2D eigenvalue weighted by molar-refractivity contribution is -0.122. The molecule has 2 aromatic carbocycles. The van der Waals surface area contributed by atoms with E-state index in [0.717, 1.165) is 17.5 Å². The molecule has 0 bridgehead atoms. The minimum atomic E-state index is -0.0972. The van der Waals surface area contributed by atoms with Crippen molar-refractivity contribution in [2.75, 3.05) is 6.54 Å². The molecule has 3 N–H and O–H groups in total. The normalized spacial score (nSPS) is 12.6. The number of nitrogens with two attached hydrogens (primary N) is 1. The smallest absolute Gasteiger partial charge is 0.240 e. The Hall–Kier alpha value is -2.66. The summed E-state index contributed by atoms with van der Waals surface area (Å²) >= 11 is 0. The van der Waals surface area contributed by atoms with Crippen LogP contribution >= 0.6 is 0 Å². The van der Waals surface area contributed by atoms with E-state index in [1.165, 1.54) is 0 Å². The lowest BCUT2D eigenvalue weighted by atomic mass is 10.0. The third kappa shape index (κ3) is 3.63. The summed E-state index contributed by atoms with van der Waals surface area (Å²) in [5, 5.41) is 4.27. The molecular weight excluding hydrogens is 326 g/mol. The van der Waals surface area contributed by atoms with Crippen molar-refractivity contribution < 1.29 is 4.79 Å². The van der Waals surface area contributed by atoms with Crippen molar-refractivity contribution in [3.05, 3.63) is 58.8 Å². The molecule has 1 unspecified atom stereocenters. The monoisotopic (exact) mass is 351 g/mol. The van der Waals surface area contributed by atoms with Gasteiger partial charge in [0.25, 0.3) is 0 Å². The number of nitrogens with zero attached hydrogens (tertiary/aromatic N) is 1. The maximum Gasteiger partial charge on any atom is 0.240 e. The largest absolute Gasteiger partial charge is 0.351 e. The van der Waals surface area contributed by atoms with Crippen molar-refractivity contribution in [3.63, 3.8) is 0 Å². The maximum atomic E-state index is 12.7. The van der Waals surface area contributed by atoms with Crippen LogP contribution in [0.4, 0.5) is 0 Å². The highest BCUT2D eigenvalue weighted by molar-refractivity contribution is 5.94. The number of rotatable bonds is 6. The van der Waals surface area contributed by atoms with Gasteiger partial charge in [0.2, 0.25) is 5.91 Å². The topological polar surface area (TPSA) is 77.1 Å². The molecule has 0 saturated carbocycles. The van der Waals surface area contributed by atoms with E-state index in [1.807, 2.05) is 41.0 Å². The van der Waals surface area contributed by atoms with Gasteiger partial charge in [0.05, 0.1) is 11.0 Å². The Labute approximate surface area is 152 Å². The summed E-state index contributed by atoms with van der Waals surface area (Å²) in [7, 11) is 0. The van der Waals surface area contributed by atoms with E-state index in [-0.39, 0.29) is 23.9 Å². The van der Waals surface area contributed by atoms with Crippen LogP contribution < -0.4 is 16.5 Å². The van der Waals surface area contributed by atoms with E-state index in [2.05, 4.69) is 19.2 Å². The van der Waals surface area contributed by atoms with Crippen LogP contribution in [0.1, 0.15) is 20.3 Å². The van der Waals surface area contributed by atoms with Crippen molar-refractivity contribution >= 4 is 27.7 Å². The van der Waals surface area contributed by atoms with E-state index in [0.29, 0.717) is 23.2 Å². The zero-order valence-electron chi connectivity index (χ0n) is 15.2. The van der Waals surface area contributed by atoms with Crippen LogP contribution in [0.5, 0.6) is 0 Å². The van der Waals surface area contributed by atoms with Gasteiger partial charge in [-0.1, -0.05) is 38.1 Å². The second-order valence-electron chi connectivity index (χ2n) is 7.08. The highest BCUT2D eigenvalue weighted by Crippen LogP contribution is 2.19. The first-order chi connectivity index (χ1) is 12.5. The molecule has 1 aromatic heterocycles. The number of amides is 1. The molecule has 5 heteroatoms. The number of aromatic nitrogens is 1. The number of pyridine rings is 1. The van der Waals surface area contributed by atoms with Gasteiger partial charge in [-0.3, -0.25) is 9.59 Å². The lowest BCUT2D eigenvalue weighted by Crippen LogP contribution is -2.42. The van der Waals surface area contributed by atoms with Crippen molar-refractivity contribution in [1.29, 1.82) is 0 Å². The molecule has 26 heavy (non-hydrogen) atoms. The number of benzene rings is 2. The van der Waals surface area contributed by atoms with Crippen LogP contribution in [0.25, 0.3) is 21.8 Å². The Balaban J connectivity index is 2.02.